The predicted molar refractivity (Wildman–Crippen MR) is 123 cm³/mol. The third-order valence-corrected chi connectivity index (χ3v) is 6.35. The maximum absolute atomic E-state index is 6.01. The molecule has 6 heteroatoms. The minimum Gasteiger partial charge on any atom is -0.494 e. The molecule has 0 N–H and O–H groups in total. The quantitative estimate of drug-likeness (QED) is 0.544. The number of likely N-dealkylation sites (tertiary alicyclic amines) is 1. The van der Waals surface area contributed by atoms with Gasteiger partial charge < -0.3 is 14.4 Å². The second-order valence-corrected chi connectivity index (χ2v) is 8.58. The highest BCUT2D eigenvalue weighted by Gasteiger charge is 2.19. The van der Waals surface area contributed by atoms with Crippen molar-refractivity contribution in [2.75, 3.05) is 59.1 Å². The largest absolute Gasteiger partial charge is 0.494 e. The summed E-state index contributed by atoms with van der Waals surface area (Å²) < 4.78 is 11.5. The smallest absolute Gasteiger partial charge is 0.135 e. The van der Waals surface area contributed by atoms with Crippen molar-refractivity contribution in [2.24, 2.45) is 0 Å². The van der Waals surface area contributed by atoms with Gasteiger partial charge in [0, 0.05) is 37.9 Å². The lowest BCUT2D eigenvalue weighted by molar-refractivity contribution is 0.0369. The van der Waals surface area contributed by atoms with Crippen LogP contribution in [-0.2, 0) is 4.74 Å². The number of benzene rings is 1. The number of piperidine rings is 1. The molecule has 0 bridgehead atoms. The van der Waals surface area contributed by atoms with Gasteiger partial charge in [0.1, 0.15) is 11.6 Å². The average Bonchev–Trinajstić information content (AvgIpc) is 2.85. The molecule has 168 valence electrons. The van der Waals surface area contributed by atoms with Gasteiger partial charge in [0.15, 0.2) is 0 Å². The molecular formula is C25H36N4O2. The third kappa shape index (κ3) is 6.99. The summed E-state index contributed by atoms with van der Waals surface area (Å²) in [5.41, 5.74) is 1.25. The Labute approximate surface area is 186 Å². The van der Waals surface area contributed by atoms with Gasteiger partial charge in [-0.1, -0.05) is 18.6 Å². The lowest BCUT2D eigenvalue weighted by atomic mass is 9.94. The van der Waals surface area contributed by atoms with Gasteiger partial charge in [-0.25, -0.2) is 9.97 Å². The normalized spacial score (nSPS) is 19.2. The highest BCUT2D eigenvalue weighted by molar-refractivity contribution is 5.32. The van der Waals surface area contributed by atoms with Gasteiger partial charge in [-0.05, 0) is 69.1 Å². The zero-order chi connectivity index (χ0) is 21.1. The van der Waals surface area contributed by atoms with E-state index in [1.54, 1.807) is 0 Å². The summed E-state index contributed by atoms with van der Waals surface area (Å²) in [4.78, 5) is 14.1. The summed E-state index contributed by atoms with van der Waals surface area (Å²) in [6.45, 7) is 9.13. The molecule has 6 nitrogen and oxygen atoms in total. The Morgan fingerprint density at radius 3 is 2.32 bits per heavy atom. The van der Waals surface area contributed by atoms with Crippen molar-refractivity contribution < 1.29 is 9.47 Å². The zero-order valence-electron chi connectivity index (χ0n) is 18.6. The maximum atomic E-state index is 6.01. The maximum Gasteiger partial charge on any atom is 0.135 e. The Hall–Kier alpha value is -2.02. The molecule has 2 aliphatic heterocycles. The van der Waals surface area contributed by atoms with Crippen LogP contribution < -0.4 is 4.74 Å². The minimum atomic E-state index is 0.192. The lowest BCUT2D eigenvalue weighted by Gasteiger charge is -2.28. The molecule has 1 atom stereocenters. The van der Waals surface area contributed by atoms with E-state index >= 15 is 0 Å². The number of hydrogen-bond donors (Lipinski definition) is 0. The van der Waals surface area contributed by atoms with Crippen molar-refractivity contribution in [1.29, 1.82) is 0 Å². The van der Waals surface area contributed by atoms with Gasteiger partial charge in [0.05, 0.1) is 19.8 Å². The minimum absolute atomic E-state index is 0.192. The van der Waals surface area contributed by atoms with Crippen molar-refractivity contribution in [2.45, 2.75) is 38.0 Å². The monoisotopic (exact) mass is 424 g/mol. The van der Waals surface area contributed by atoms with Crippen LogP contribution in [-0.4, -0.2) is 78.9 Å². The molecule has 1 unspecified atom stereocenters. The number of nitrogens with zero attached hydrogens (tertiary/aromatic N) is 4. The summed E-state index contributed by atoms with van der Waals surface area (Å²) in [5, 5.41) is 0. The molecule has 1 aromatic carbocycles. The van der Waals surface area contributed by atoms with Gasteiger partial charge in [-0.15, -0.1) is 0 Å². The Morgan fingerprint density at radius 1 is 0.871 bits per heavy atom. The van der Waals surface area contributed by atoms with Crippen LogP contribution in [0.2, 0.25) is 0 Å². The van der Waals surface area contributed by atoms with Crippen LogP contribution in [0, 0.1) is 0 Å². The van der Waals surface area contributed by atoms with Crippen LogP contribution in [0.4, 0.5) is 0 Å². The molecule has 0 radical (unpaired) electrons. The number of rotatable bonds is 10. The third-order valence-electron chi connectivity index (χ3n) is 6.35. The van der Waals surface area contributed by atoms with Crippen LogP contribution in [0.5, 0.6) is 5.75 Å². The number of ether oxygens (including phenoxy) is 2. The first-order valence-electron chi connectivity index (χ1n) is 11.9. The Balaban J connectivity index is 1.30. The van der Waals surface area contributed by atoms with E-state index in [1.165, 1.54) is 37.9 Å². The van der Waals surface area contributed by atoms with E-state index in [-0.39, 0.29) is 5.92 Å². The van der Waals surface area contributed by atoms with Crippen molar-refractivity contribution in [3.8, 4) is 5.75 Å². The van der Waals surface area contributed by atoms with E-state index in [9.17, 15) is 0 Å². The summed E-state index contributed by atoms with van der Waals surface area (Å²) in [7, 11) is 0. The molecule has 3 heterocycles. The fourth-order valence-electron chi connectivity index (χ4n) is 4.53. The zero-order valence-corrected chi connectivity index (χ0v) is 18.6. The average molecular weight is 425 g/mol. The van der Waals surface area contributed by atoms with Crippen LogP contribution in [0.15, 0.2) is 42.7 Å². The summed E-state index contributed by atoms with van der Waals surface area (Å²) >= 11 is 0. The van der Waals surface area contributed by atoms with E-state index in [0.29, 0.717) is 0 Å². The molecule has 0 aliphatic carbocycles. The number of hydrogen-bond acceptors (Lipinski definition) is 6. The Bertz CT molecular complexity index is 744. The van der Waals surface area contributed by atoms with Crippen LogP contribution >= 0.6 is 0 Å². The van der Waals surface area contributed by atoms with Crippen LogP contribution in [0.3, 0.4) is 0 Å². The van der Waals surface area contributed by atoms with E-state index in [0.717, 1.165) is 70.4 Å². The highest BCUT2D eigenvalue weighted by Crippen LogP contribution is 2.27. The summed E-state index contributed by atoms with van der Waals surface area (Å²) in [6, 6.07) is 10.4. The molecule has 2 saturated heterocycles. The van der Waals surface area contributed by atoms with Crippen LogP contribution in [0.1, 0.15) is 49.4 Å². The molecule has 1 aromatic heterocycles. The van der Waals surface area contributed by atoms with Crippen LogP contribution in [0.25, 0.3) is 0 Å². The molecule has 2 fully saturated rings. The number of morpholine rings is 1. The van der Waals surface area contributed by atoms with E-state index < -0.39 is 0 Å². The molecular weight excluding hydrogens is 388 g/mol. The first-order valence-corrected chi connectivity index (χ1v) is 11.9. The molecule has 2 aliphatic rings. The topological polar surface area (TPSA) is 50.7 Å². The molecule has 31 heavy (non-hydrogen) atoms. The van der Waals surface area contributed by atoms with E-state index in [2.05, 4.69) is 44.0 Å². The fraction of sp³-hybridized carbons (Fsp3) is 0.600. The van der Waals surface area contributed by atoms with E-state index in [4.69, 9.17) is 9.47 Å². The number of aromatic nitrogens is 2. The second kappa shape index (κ2) is 12.1. The fourth-order valence-corrected chi connectivity index (χ4v) is 4.53. The van der Waals surface area contributed by atoms with Gasteiger partial charge in [-0.2, -0.15) is 0 Å². The van der Waals surface area contributed by atoms with Crippen molar-refractivity contribution in [3.63, 3.8) is 0 Å². The molecule has 2 aromatic rings. The standard InChI is InChI=1S/C25H36N4O2/c1-2-13-28(14-3-1)15-5-19-31-23-8-6-22(7-9-23)24(25-26-11-4-12-27-25)10-16-29-17-20-30-21-18-29/h4,6-9,11-12,24H,1-3,5,10,13-21H2. The van der Waals surface area contributed by atoms with Crippen molar-refractivity contribution in [1.82, 2.24) is 19.8 Å². The molecule has 0 amide bonds. The molecule has 0 spiro atoms. The molecule has 0 saturated carbocycles. The lowest BCUT2D eigenvalue weighted by Crippen LogP contribution is -2.37. The van der Waals surface area contributed by atoms with Gasteiger partial charge in [-0.3, -0.25) is 4.90 Å². The first-order chi connectivity index (χ1) is 15.4. The van der Waals surface area contributed by atoms with Crippen molar-refractivity contribution in [3.05, 3.63) is 54.1 Å². The van der Waals surface area contributed by atoms with Gasteiger partial charge in [0.25, 0.3) is 0 Å². The molecule has 4 rings (SSSR count). The van der Waals surface area contributed by atoms with Gasteiger partial charge in [0.2, 0.25) is 0 Å². The Morgan fingerprint density at radius 2 is 1.58 bits per heavy atom. The van der Waals surface area contributed by atoms with Crippen molar-refractivity contribution >= 4 is 0 Å². The van der Waals surface area contributed by atoms with Gasteiger partial charge >= 0.3 is 0 Å². The second-order valence-electron chi connectivity index (χ2n) is 8.58. The SMILES string of the molecule is c1cnc(C(CCN2CCOCC2)c2ccc(OCCCN3CCCCC3)cc2)nc1. The Kier molecular flexibility index (Phi) is 8.68. The predicted octanol–water partition coefficient (Wildman–Crippen LogP) is 3.59. The first kappa shape index (κ1) is 22.2. The summed E-state index contributed by atoms with van der Waals surface area (Å²) in [6.07, 6.45) is 9.84. The summed E-state index contributed by atoms with van der Waals surface area (Å²) in [5.74, 6) is 2.03. The highest BCUT2D eigenvalue weighted by atomic mass is 16.5. The van der Waals surface area contributed by atoms with E-state index in [1.807, 2.05) is 18.5 Å².